The fourth-order valence-electron chi connectivity index (χ4n) is 3.66. The molecule has 7 nitrogen and oxygen atoms in total. The van der Waals surface area contributed by atoms with E-state index in [-0.39, 0.29) is 31.2 Å². The zero-order chi connectivity index (χ0) is 22.3. The van der Waals surface area contributed by atoms with Crippen LogP contribution >= 0.6 is 0 Å². The van der Waals surface area contributed by atoms with Gasteiger partial charge in [0.05, 0.1) is 18.3 Å². The number of oxazole rings is 1. The molecule has 0 aliphatic carbocycles. The van der Waals surface area contributed by atoms with Crippen molar-refractivity contribution in [3.05, 3.63) is 72.5 Å². The van der Waals surface area contributed by atoms with E-state index in [1.165, 1.54) is 12.3 Å². The van der Waals surface area contributed by atoms with Gasteiger partial charge in [0.25, 0.3) is 0 Å². The van der Waals surface area contributed by atoms with Crippen molar-refractivity contribution in [2.24, 2.45) is 0 Å². The van der Waals surface area contributed by atoms with E-state index < -0.39 is 5.82 Å². The van der Waals surface area contributed by atoms with Gasteiger partial charge in [0.2, 0.25) is 11.8 Å². The molecule has 8 heteroatoms. The Balaban J connectivity index is 1.19. The summed E-state index contributed by atoms with van der Waals surface area (Å²) in [5.74, 6) is -0.0721. The number of benzene rings is 2. The molecule has 0 spiro atoms. The minimum absolute atomic E-state index is 0.0315. The SMILES string of the molecule is O=C(CCc1ncc(-c2ccccc2F)o1)NCC(=O)N1CCN(c2ccccc2)CC1. The number of nitrogens with zero attached hydrogens (tertiary/aromatic N) is 3. The Morgan fingerprint density at radius 2 is 1.72 bits per heavy atom. The van der Waals surface area contributed by atoms with Gasteiger partial charge in [-0.1, -0.05) is 30.3 Å². The van der Waals surface area contributed by atoms with Gasteiger partial charge in [-0.15, -0.1) is 0 Å². The van der Waals surface area contributed by atoms with Gasteiger partial charge in [0.15, 0.2) is 11.7 Å². The lowest BCUT2D eigenvalue weighted by molar-refractivity contribution is -0.133. The van der Waals surface area contributed by atoms with Crippen molar-refractivity contribution in [3.63, 3.8) is 0 Å². The van der Waals surface area contributed by atoms with Crippen LogP contribution in [0.1, 0.15) is 12.3 Å². The molecule has 0 radical (unpaired) electrons. The summed E-state index contributed by atoms with van der Waals surface area (Å²) in [6, 6.07) is 16.4. The van der Waals surface area contributed by atoms with Crippen molar-refractivity contribution in [1.82, 2.24) is 15.2 Å². The standard InChI is InChI=1S/C24H25FN4O3/c25-20-9-5-4-8-19(20)21-16-27-23(32-21)11-10-22(30)26-17-24(31)29-14-12-28(13-15-29)18-6-2-1-3-7-18/h1-9,16H,10-15,17H2,(H,26,30). The molecule has 2 heterocycles. The summed E-state index contributed by atoms with van der Waals surface area (Å²) >= 11 is 0. The third-order valence-electron chi connectivity index (χ3n) is 5.45. The predicted molar refractivity (Wildman–Crippen MR) is 118 cm³/mol. The molecule has 1 N–H and O–H groups in total. The zero-order valence-corrected chi connectivity index (χ0v) is 17.7. The molecule has 2 aromatic carbocycles. The number of hydrogen-bond acceptors (Lipinski definition) is 5. The lowest BCUT2D eigenvalue weighted by atomic mass is 10.2. The maximum atomic E-state index is 13.8. The maximum absolute atomic E-state index is 13.8. The van der Waals surface area contributed by atoms with Gasteiger partial charge in [-0.25, -0.2) is 9.37 Å². The molecule has 3 aromatic rings. The molecule has 1 saturated heterocycles. The number of piperazine rings is 1. The number of anilines is 1. The molecule has 0 unspecified atom stereocenters. The largest absolute Gasteiger partial charge is 0.441 e. The number of aromatic nitrogens is 1. The van der Waals surface area contributed by atoms with E-state index in [0.29, 0.717) is 30.3 Å². The van der Waals surface area contributed by atoms with Crippen LogP contribution in [0.2, 0.25) is 0 Å². The van der Waals surface area contributed by atoms with Crippen molar-refractivity contribution >= 4 is 17.5 Å². The molecule has 1 aliphatic heterocycles. The van der Waals surface area contributed by atoms with Crippen molar-refractivity contribution in [2.75, 3.05) is 37.6 Å². The first kappa shape index (κ1) is 21.5. The third kappa shape index (κ3) is 5.32. The highest BCUT2D eigenvalue weighted by Gasteiger charge is 2.21. The molecule has 1 fully saturated rings. The van der Waals surface area contributed by atoms with Crippen LogP contribution in [0, 0.1) is 5.82 Å². The second-order valence-electron chi connectivity index (χ2n) is 7.58. The van der Waals surface area contributed by atoms with E-state index in [1.54, 1.807) is 23.1 Å². The number of carbonyl (C=O) groups is 2. The summed E-state index contributed by atoms with van der Waals surface area (Å²) in [4.78, 5) is 32.7. The fourth-order valence-corrected chi connectivity index (χ4v) is 3.66. The first-order valence-electron chi connectivity index (χ1n) is 10.6. The van der Waals surface area contributed by atoms with Crippen LogP contribution in [0.25, 0.3) is 11.3 Å². The number of hydrogen-bond donors (Lipinski definition) is 1. The molecule has 0 saturated carbocycles. The molecule has 0 bridgehead atoms. The van der Waals surface area contributed by atoms with Gasteiger partial charge < -0.3 is 19.5 Å². The first-order chi connectivity index (χ1) is 15.6. The summed E-state index contributed by atoms with van der Waals surface area (Å²) < 4.78 is 19.4. The van der Waals surface area contributed by atoms with Gasteiger partial charge in [-0.2, -0.15) is 0 Å². The van der Waals surface area contributed by atoms with Crippen LogP contribution in [0.4, 0.5) is 10.1 Å². The highest BCUT2D eigenvalue weighted by Crippen LogP contribution is 2.23. The summed E-state index contributed by atoms with van der Waals surface area (Å²) in [5, 5.41) is 2.67. The summed E-state index contributed by atoms with van der Waals surface area (Å²) in [7, 11) is 0. The van der Waals surface area contributed by atoms with Crippen LogP contribution in [0.15, 0.2) is 65.2 Å². The molecule has 1 aromatic heterocycles. The van der Waals surface area contributed by atoms with E-state index in [1.807, 2.05) is 18.2 Å². The Kier molecular flexibility index (Phi) is 6.79. The minimum Gasteiger partial charge on any atom is -0.441 e. The number of amides is 2. The van der Waals surface area contributed by atoms with Crippen LogP contribution in [-0.2, 0) is 16.0 Å². The molecule has 32 heavy (non-hydrogen) atoms. The lowest BCUT2D eigenvalue weighted by Gasteiger charge is -2.36. The average Bonchev–Trinajstić information content (AvgIpc) is 3.31. The van der Waals surface area contributed by atoms with Crippen LogP contribution in [0.3, 0.4) is 0 Å². The predicted octanol–water partition coefficient (Wildman–Crippen LogP) is 2.88. The second-order valence-corrected chi connectivity index (χ2v) is 7.58. The van der Waals surface area contributed by atoms with Crippen LogP contribution in [0.5, 0.6) is 0 Å². The Morgan fingerprint density at radius 1 is 1.00 bits per heavy atom. The Hall–Kier alpha value is -3.68. The van der Waals surface area contributed by atoms with E-state index in [4.69, 9.17) is 4.42 Å². The number of halogens is 1. The molecule has 1 aliphatic rings. The van der Waals surface area contributed by atoms with Gasteiger partial charge >= 0.3 is 0 Å². The zero-order valence-electron chi connectivity index (χ0n) is 17.7. The average molecular weight is 436 g/mol. The number of carbonyl (C=O) groups excluding carboxylic acids is 2. The number of nitrogens with one attached hydrogen (secondary N) is 1. The fraction of sp³-hybridized carbons (Fsp3) is 0.292. The molecule has 166 valence electrons. The Labute approximate surface area is 185 Å². The highest BCUT2D eigenvalue weighted by atomic mass is 19.1. The lowest BCUT2D eigenvalue weighted by Crippen LogP contribution is -2.51. The molecule has 4 rings (SSSR count). The molecule has 0 atom stereocenters. The van der Waals surface area contributed by atoms with Crippen LogP contribution in [-0.4, -0.2) is 54.4 Å². The van der Waals surface area contributed by atoms with Gasteiger partial charge in [-0.05, 0) is 24.3 Å². The normalized spacial score (nSPS) is 13.8. The topological polar surface area (TPSA) is 78.7 Å². The number of para-hydroxylation sites is 1. The number of rotatable bonds is 7. The summed E-state index contributed by atoms with van der Waals surface area (Å²) in [6.07, 6.45) is 1.85. The van der Waals surface area contributed by atoms with Crippen LogP contribution < -0.4 is 10.2 Å². The van der Waals surface area contributed by atoms with Crippen molar-refractivity contribution < 1.29 is 18.4 Å². The van der Waals surface area contributed by atoms with E-state index in [2.05, 4.69) is 27.3 Å². The third-order valence-corrected chi connectivity index (χ3v) is 5.45. The first-order valence-corrected chi connectivity index (χ1v) is 10.6. The van der Waals surface area contributed by atoms with Crippen molar-refractivity contribution in [3.8, 4) is 11.3 Å². The Morgan fingerprint density at radius 3 is 2.47 bits per heavy atom. The van der Waals surface area contributed by atoms with E-state index in [9.17, 15) is 14.0 Å². The van der Waals surface area contributed by atoms with E-state index in [0.717, 1.165) is 18.8 Å². The smallest absolute Gasteiger partial charge is 0.242 e. The summed E-state index contributed by atoms with van der Waals surface area (Å²) in [5.41, 5.74) is 1.48. The highest BCUT2D eigenvalue weighted by molar-refractivity contribution is 5.85. The van der Waals surface area contributed by atoms with E-state index >= 15 is 0 Å². The Bertz CT molecular complexity index is 1060. The molecular weight excluding hydrogens is 411 g/mol. The van der Waals surface area contributed by atoms with Crippen molar-refractivity contribution in [1.29, 1.82) is 0 Å². The minimum atomic E-state index is -0.393. The molecule has 2 amide bonds. The summed E-state index contributed by atoms with van der Waals surface area (Å²) in [6.45, 7) is 2.74. The second kappa shape index (κ2) is 10.1. The van der Waals surface area contributed by atoms with Crippen molar-refractivity contribution in [2.45, 2.75) is 12.8 Å². The maximum Gasteiger partial charge on any atom is 0.242 e. The monoisotopic (exact) mass is 436 g/mol. The van der Waals surface area contributed by atoms with Gasteiger partial charge in [-0.3, -0.25) is 9.59 Å². The van der Waals surface area contributed by atoms with Gasteiger partial charge in [0.1, 0.15) is 5.82 Å². The number of aryl methyl sites for hydroxylation is 1. The quantitative estimate of drug-likeness (QED) is 0.616. The van der Waals surface area contributed by atoms with Gasteiger partial charge in [0, 0.05) is 44.7 Å². The molecular formula is C24H25FN4O3.